The molecule has 0 bridgehead atoms. The normalized spacial score (nSPS) is 16.4. The van der Waals surface area contributed by atoms with Gasteiger partial charge in [-0.3, -0.25) is 4.79 Å². The number of piperidine rings is 1. The Hall–Kier alpha value is -2.03. The minimum absolute atomic E-state index is 0.0483. The van der Waals surface area contributed by atoms with Crippen molar-refractivity contribution in [2.75, 3.05) is 18.4 Å². The first-order valence-corrected chi connectivity index (χ1v) is 9.86. The Morgan fingerprint density at radius 3 is 2.38 bits per heavy atom. The first-order valence-electron chi connectivity index (χ1n) is 8.04. The van der Waals surface area contributed by atoms with Gasteiger partial charge in [0.05, 0.1) is 9.92 Å². The second-order valence-electron chi connectivity index (χ2n) is 5.98. The highest BCUT2D eigenvalue weighted by Crippen LogP contribution is 2.25. The number of nitrogens with zero attached hydrogens (tertiary/aromatic N) is 2. The van der Waals surface area contributed by atoms with Gasteiger partial charge in [-0.2, -0.15) is 4.31 Å². The van der Waals surface area contributed by atoms with E-state index in [1.54, 1.807) is 12.1 Å². The van der Waals surface area contributed by atoms with Crippen molar-refractivity contribution in [2.24, 2.45) is 5.92 Å². The zero-order valence-corrected chi connectivity index (χ0v) is 15.3. The summed E-state index contributed by atoms with van der Waals surface area (Å²) in [6.07, 6.45) is 2.24. The van der Waals surface area contributed by atoms with E-state index in [1.807, 2.05) is 0 Å². The van der Waals surface area contributed by atoms with E-state index in [1.165, 1.54) is 22.6 Å². The Morgan fingerprint density at radius 2 is 1.81 bits per heavy atom. The second kappa shape index (κ2) is 7.69. The molecule has 3 rings (SSSR count). The van der Waals surface area contributed by atoms with Crippen LogP contribution in [0.3, 0.4) is 0 Å². The molecule has 0 unspecified atom stereocenters. The molecular weight excluding hydrogens is 381 g/mol. The van der Waals surface area contributed by atoms with Gasteiger partial charge in [-0.05, 0) is 49.2 Å². The van der Waals surface area contributed by atoms with Crippen LogP contribution in [0.15, 0.2) is 47.5 Å². The molecule has 138 valence electrons. The number of pyridine rings is 1. The van der Waals surface area contributed by atoms with Crippen LogP contribution in [0.4, 0.5) is 10.2 Å². The van der Waals surface area contributed by atoms with Crippen molar-refractivity contribution < 1.29 is 17.6 Å². The number of halogens is 2. The summed E-state index contributed by atoms with van der Waals surface area (Å²) in [6.45, 7) is 0.456. The number of carbonyl (C=O) groups is 1. The van der Waals surface area contributed by atoms with Crippen molar-refractivity contribution in [3.8, 4) is 0 Å². The molecule has 0 radical (unpaired) electrons. The van der Waals surface area contributed by atoms with Gasteiger partial charge in [0.1, 0.15) is 11.6 Å². The zero-order chi connectivity index (χ0) is 18.7. The first-order chi connectivity index (χ1) is 12.4. The fraction of sp³-hybridized carbons (Fsp3) is 0.294. The van der Waals surface area contributed by atoms with Crippen LogP contribution in [-0.2, 0) is 14.8 Å². The SMILES string of the molecule is O=C(Nc1ccc(Cl)cn1)C1CCN(S(=O)(=O)c2ccc(F)cc2)CC1. The lowest BCUT2D eigenvalue weighted by atomic mass is 9.97. The number of rotatable bonds is 4. The summed E-state index contributed by atoms with van der Waals surface area (Å²) in [5, 5.41) is 3.19. The van der Waals surface area contributed by atoms with E-state index in [-0.39, 0.29) is 29.8 Å². The van der Waals surface area contributed by atoms with Crippen LogP contribution in [0, 0.1) is 11.7 Å². The molecule has 2 heterocycles. The summed E-state index contributed by atoms with van der Waals surface area (Å²) in [5.41, 5.74) is 0. The maximum atomic E-state index is 13.0. The first kappa shape index (κ1) is 18.8. The largest absolute Gasteiger partial charge is 0.310 e. The van der Waals surface area contributed by atoms with Crippen LogP contribution in [0.1, 0.15) is 12.8 Å². The molecule has 1 amide bonds. The summed E-state index contributed by atoms with van der Waals surface area (Å²) in [5.74, 6) is -0.582. The number of anilines is 1. The van der Waals surface area contributed by atoms with Crippen LogP contribution in [0.2, 0.25) is 5.02 Å². The monoisotopic (exact) mass is 397 g/mol. The zero-order valence-electron chi connectivity index (χ0n) is 13.7. The summed E-state index contributed by atoms with van der Waals surface area (Å²) in [6, 6.07) is 7.96. The number of hydrogen-bond donors (Lipinski definition) is 1. The fourth-order valence-corrected chi connectivity index (χ4v) is 4.37. The maximum absolute atomic E-state index is 13.0. The minimum Gasteiger partial charge on any atom is -0.310 e. The van der Waals surface area contributed by atoms with Crippen LogP contribution in [-0.4, -0.2) is 36.7 Å². The Labute approximate surface area is 156 Å². The van der Waals surface area contributed by atoms with Crippen LogP contribution in [0.5, 0.6) is 0 Å². The summed E-state index contributed by atoms with van der Waals surface area (Å²) >= 11 is 5.76. The van der Waals surface area contributed by atoms with Gasteiger partial charge in [0.2, 0.25) is 15.9 Å². The highest BCUT2D eigenvalue weighted by Gasteiger charge is 2.32. The van der Waals surface area contributed by atoms with Gasteiger partial charge >= 0.3 is 0 Å². The number of benzene rings is 1. The van der Waals surface area contributed by atoms with Crippen molar-refractivity contribution in [2.45, 2.75) is 17.7 Å². The standard InChI is InChI=1S/C17H17ClFN3O3S/c18-13-1-6-16(20-11-13)21-17(23)12-7-9-22(10-8-12)26(24,25)15-4-2-14(19)3-5-15/h1-6,11-12H,7-10H2,(H,20,21,23). The van der Waals surface area contributed by atoms with E-state index in [0.717, 1.165) is 12.1 Å². The number of sulfonamides is 1. The molecule has 1 N–H and O–H groups in total. The predicted octanol–water partition coefficient (Wildman–Crippen LogP) is 2.91. The number of nitrogens with one attached hydrogen (secondary N) is 1. The van der Waals surface area contributed by atoms with Crippen molar-refractivity contribution >= 4 is 33.3 Å². The van der Waals surface area contributed by atoms with E-state index in [4.69, 9.17) is 11.6 Å². The molecule has 0 saturated carbocycles. The van der Waals surface area contributed by atoms with Gasteiger partial charge < -0.3 is 5.32 Å². The molecule has 0 aliphatic carbocycles. The lowest BCUT2D eigenvalue weighted by Gasteiger charge is -2.30. The van der Waals surface area contributed by atoms with Gasteiger partial charge in [0, 0.05) is 25.2 Å². The van der Waals surface area contributed by atoms with E-state index < -0.39 is 15.8 Å². The molecule has 0 spiro atoms. The Bertz CT molecular complexity index is 880. The van der Waals surface area contributed by atoms with E-state index in [9.17, 15) is 17.6 Å². The quantitative estimate of drug-likeness (QED) is 0.860. The fourth-order valence-electron chi connectivity index (χ4n) is 2.79. The smallest absolute Gasteiger partial charge is 0.243 e. The summed E-state index contributed by atoms with van der Waals surface area (Å²) in [7, 11) is -3.68. The molecule has 1 aromatic heterocycles. The molecular formula is C17H17ClFN3O3S. The average Bonchev–Trinajstić information content (AvgIpc) is 2.64. The van der Waals surface area contributed by atoms with Gasteiger partial charge in [-0.1, -0.05) is 11.6 Å². The Morgan fingerprint density at radius 1 is 1.15 bits per heavy atom. The van der Waals surface area contributed by atoms with E-state index >= 15 is 0 Å². The third-order valence-electron chi connectivity index (χ3n) is 4.25. The van der Waals surface area contributed by atoms with Crippen LogP contribution < -0.4 is 5.32 Å². The summed E-state index contributed by atoms with van der Waals surface area (Å²) in [4.78, 5) is 16.4. The lowest BCUT2D eigenvalue weighted by Crippen LogP contribution is -2.41. The van der Waals surface area contributed by atoms with Crippen LogP contribution in [0.25, 0.3) is 0 Å². The van der Waals surface area contributed by atoms with Crippen molar-refractivity contribution in [3.05, 3.63) is 53.4 Å². The number of amides is 1. The molecule has 1 saturated heterocycles. The highest BCUT2D eigenvalue weighted by molar-refractivity contribution is 7.89. The molecule has 9 heteroatoms. The van der Waals surface area contributed by atoms with Gasteiger partial charge in [0.15, 0.2) is 0 Å². The number of aromatic nitrogens is 1. The Kier molecular flexibility index (Phi) is 5.55. The molecule has 26 heavy (non-hydrogen) atoms. The minimum atomic E-state index is -3.68. The van der Waals surface area contributed by atoms with Crippen LogP contribution >= 0.6 is 11.6 Å². The third kappa shape index (κ3) is 4.20. The molecule has 0 atom stereocenters. The Balaban J connectivity index is 1.60. The number of carbonyl (C=O) groups excluding carboxylic acids is 1. The predicted molar refractivity (Wildman–Crippen MR) is 95.8 cm³/mol. The molecule has 1 fully saturated rings. The van der Waals surface area contributed by atoms with E-state index in [2.05, 4.69) is 10.3 Å². The van der Waals surface area contributed by atoms with Gasteiger partial charge in [0.25, 0.3) is 0 Å². The van der Waals surface area contributed by atoms with Gasteiger partial charge in [-0.15, -0.1) is 0 Å². The second-order valence-corrected chi connectivity index (χ2v) is 8.36. The van der Waals surface area contributed by atoms with Crippen molar-refractivity contribution in [1.29, 1.82) is 0 Å². The van der Waals surface area contributed by atoms with Crippen molar-refractivity contribution in [1.82, 2.24) is 9.29 Å². The molecule has 1 aliphatic heterocycles. The number of hydrogen-bond acceptors (Lipinski definition) is 4. The topological polar surface area (TPSA) is 79.4 Å². The third-order valence-corrected chi connectivity index (χ3v) is 6.39. The molecule has 1 aromatic carbocycles. The molecule has 2 aromatic rings. The molecule has 1 aliphatic rings. The maximum Gasteiger partial charge on any atom is 0.243 e. The highest BCUT2D eigenvalue weighted by atomic mass is 35.5. The lowest BCUT2D eigenvalue weighted by molar-refractivity contribution is -0.120. The average molecular weight is 398 g/mol. The van der Waals surface area contributed by atoms with E-state index in [0.29, 0.717) is 23.7 Å². The molecule has 6 nitrogen and oxygen atoms in total. The van der Waals surface area contributed by atoms with Gasteiger partial charge in [-0.25, -0.2) is 17.8 Å². The summed E-state index contributed by atoms with van der Waals surface area (Å²) < 4.78 is 39.5. The van der Waals surface area contributed by atoms with Crippen molar-refractivity contribution in [3.63, 3.8) is 0 Å².